The number of carbonyl (C=O) groups excluding carboxylic acids is 1. The van der Waals surface area contributed by atoms with Crippen molar-refractivity contribution in [2.45, 2.75) is 6.42 Å². The van der Waals surface area contributed by atoms with E-state index in [-0.39, 0.29) is 11.7 Å². The molecule has 23 heavy (non-hydrogen) atoms. The molecule has 0 aliphatic carbocycles. The van der Waals surface area contributed by atoms with Gasteiger partial charge >= 0.3 is 0 Å². The highest BCUT2D eigenvalue weighted by Gasteiger charge is 2.23. The zero-order valence-corrected chi connectivity index (χ0v) is 14.2. The number of nitrogens with one attached hydrogen (secondary N) is 1. The topological polar surface area (TPSA) is 32.3 Å². The lowest BCUT2D eigenvalue weighted by atomic mass is 10.1. The van der Waals surface area contributed by atoms with Crippen LogP contribution in [0.5, 0.6) is 0 Å². The van der Waals surface area contributed by atoms with Gasteiger partial charge < -0.3 is 10.2 Å². The maximum Gasteiger partial charge on any atom is 0.251 e. The number of hydrogen-bond donors (Lipinski definition) is 1. The lowest BCUT2D eigenvalue weighted by Crippen LogP contribution is -2.31. The van der Waals surface area contributed by atoms with Gasteiger partial charge in [-0.15, -0.1) is 0 Å². The van der Waals surface area contributed by atoms with E-state index in [9.17, 15) is 9.18 Å². The van der Waals surface area contributed by atoms with Crippen LogP contribution in [0.15, 0.2) is 53.0 Å². The van der Waals surface area contributed by atoms with E-state index >= 15 is 0 Å². The Hall–Kier alpha value is -1.88. The molecule has 2 aromatic rings. The molecule has 0 spiro atoms. The number of benzene rings is 2. The number of carbonyl (C=O) groups is 1. The maximum atomic E-state index is 13.0. The molecule has 0 aromatic heterocycles. The van der Waals surface area contributed by atoms with E-state index < -0.39 is 0 Å². The highest BCUT2D eigenvalue weighted by atomic mass is 79.9. The van der Waals surface area contributed by atoms with Crippen molar-refractivity contribution in [1.29, 1.82) is 0 Å². The molecule has 0 radical (unpaired) electrons. The van der Waals surface area contributed by atoms with Crippen molar-refractivity contribution in [3.63, 3.8) is 0 Å². The second-order valence-corrected chi connectivity index (χ2v) is 6.71. The Balaban J connectivity index is 1.51. The SMILES string of the molecule is O=C(NCC1CCN(c2ccc(F)cc2)C1)c1ccc(Br)cc1. The van der Waals surface area contributed by atoms with Crippen LogP contribution in [0.3, 0.4) is 0 Å². The van der Waals surface area contributed by atoms with Gasteiger partial charge in [0.1, 0.15) is 5.82 Å². The number of hydrogen-bond acceptors (Lipinski definition) is 2. The van der Waals surface area contributed by atoms with E-state index in [1.165, 1.54) is 12.1 Å². The number of halogens is 2. The fraction of sp³-hybridized carbons (Fsp3) is 0.278. The molecular formula is C18H18BrFN2O. The molecule has 1 aliphatic heterocycles. The predicted molar refractivity (Wildman–Crippen MR) is 93.2 cm³/mol. The smallest absolute Gasteiger partial charge is 0.251 e. The first-order valence-corrected chi connectivity index (χ1v) is 8.45. The van der Waals surface area contributed by atoms with Gasteiger partial charge in [0.15, 0.2) is 0 Å². The number of amides is 1. The summed E-state index contributed by atoms with van der Waals surface area (Å²) in [5.74, 6) is 0.156. The first-order valence-electron chi connectivity index (χ1n) is 7.66. The van der Waals surface area contributed by atoms with Crippen LogP contribution in [0.4, 0.5) is 10.1 Å². The average Bonchev–Trinajstić information content (AvgIpc) is 3.03. The van der Waals surface area contributed by atoms with Gasteiger partial charge in [-0.1, -0.05) is 15.9 Å². The molecule has 1 aliphatic rings. The van der Waals surface area contributed by atoms with Crippen molar-refractivity contribution >= 4 is 27.5 Å². The third kappa shape index (κ3) is 4.10. The quantitative estimate of drug-likeness (QED) is 0.878. The molecular weight excluding hydrogens is 359 g/mol. The summed E-state index contributed by atoms with van der Waals surface area (Å²) in [5.41, 5.74) is 1.70. The highest BCUT2D eigenvalue weighted by molar-refractivity contribution is 9.10. The van der Waals surface area contributed by atoms with E-state index in [2.05, 4.69) is 26.1 Å². The summed E-state index contributed by atoms with van der Waals surface area (Å²) in [6, 6.07) is 13.9. The predicted octanol–water partition coefficient (Wildman–Crippen LogP) is 3.84. The number of nitrogens with zero attached hydrogens (tertiary/aromatic N) is 1. The molecule has 1 fully saturated rings. The van der Waals surface area contributed by atoms with E-state index in [0.29, 0.717) is 18.0 Å². The van der Waals surface area contributed by atoms with Crippen molar-refractivity contribution in [1.82, 2.24) is 5.32 Å². The van der Waals surface area contributed by atoms with E-state index in [1.54, 1.807) is 24.3 Å². The number of anilines is 1. The molecule has 1 heterocycles. The summed E-state index contributed by atoms with van der Waals surface area (Å²) in [7, 11) is 0. The summed E-state index contributed by atoms with van der Waals surface area (Å²) in [5, 5.41) is 3.00. The zero-order valence-electron chi connectivity index (χ0n) is 12.6. The summed E-state index contributed by atoms with van der Waals surface area (Å²) >= 11 is 3.36. The molecule has 2 aromatic carbocycles. The first-order chi connectivity index (χ1) is 11.1. The molecule has 1 atom stereocenters. The zero-order chi connectivity index (χ0) is 16.2. The minimum Gasteiger partial charge on any atom is -0.371 e. The summed E-state index contributed by atoms with van der Waals surface area (Å²) < 4.78 is 13.9. The first kappa shape index (κ1) is 16.0. The van der Waals surface area contributed by atoms with Crippen LogP contribution in [0, 0.1) is 11.7 Å². The van der Waals surface area contributed by atoms with Gasteiger partial charge in [0.25, 0.3) is 5.91 Å². The van der Waals surface area contributed by atoms with Gasteiger partial charge in [0, 0.05) is 35.4 Å². The van der Waals surface area contributed by atoms with Crippen molar-refractivity contribution < 1.29 is 9.18 Å². The molecule has 120 valence electrons. The monoisotopic (exact) mass is 376 g/mol. The molecule has 5 heteroatoms. The molecule has 1 amide bonds. The summed E-state index contributed by atoms with van der Waals surface area (Å²) in [6.45, 7) is 2.48. The Morgan fingerprint density at radius 3 is 2.57 bits per heavy atom. The van der Waals surface area contributed by atoms with Crippen LogP contribution in [0.25, 0.3) is 0 Å². The average molecular weight is 377 g/mol. The highest BCUT2D eigenvalue weighted by Crippen LogP contribution is 2.23. The second-order valence-electron chi connectivity index (χ2n) is 5.79. The largest absolute Gasteiger partial charge is 0.371 e. The van der Waals surface area contributed by atoms with Crippen LogP contribution >= 0.6 is 15.9 Å². The fourth-order valence-corrected chi connectivity index (χ4v) is 3.09. The van der Waals surface area contributed by atoms with Crippen LogP contribution < -0.4 is 10.2 Å². The van der Waals surface area contributed by atoms with Crippen LogP contribution in [-0.4, -0.2) is 25.5 Å². The van der Waals surface area contributed by atoms with Gasteiger partial charge in [-0.3, -0.25) is 4.79 Å². The second kappa shape index (κ2) is 7.13. The number of rotatable bonds is 4. The van der Waals surface area contributed by atoms with Crippen LogP contribution in [0.2, 0.25) is 0 Å². The maximum absolute atomic E-state index is 13.0. The van der Waals surface area contributed by atoms with Gasteiger partial charge in [0.2, 0.25) is 0 Å². The molecule has 3 nitrogen and oxygen atoms in total. The molecule has 1 N–H and O–H groups in total. The molecule has 3 rings (SSSR count). The third-order valence-electron chi connectivity index (χ3n) is 4.14. The van der Waals surface area contributed by atoms with Gasteiger partial charge in [-0.25, -0.2) is 4.39 Å². The van der Waals surface area contributed by atoms with Gasteiger partial charge in [-0.05, 0) is 60.9 Å². The molecule has 1 saturated heterocycles. The van der Waals surface area contributed by atoms with Crippen molar-refractivity contribution in [3.8, 4) is 0 Å². The van der Waals surface area contributed by atoms with E-state index in [0.717, 1.165) is 29.7 Å². The van der Waals surface area contributed by atoms with Crippen molar-refractivity contribution in [2.24, 2.45) is 5.92 Å². The van der Waals surface area contributed by atoms with Crippen molar-refractivity contribution in [3.05, 3.63) is 64.4 Å². The Labute approximate surface area is 143 Å². The van der Waals surface area contributed by atoms with Gasteiger partial charge in [-0.2, -0.15) is 0 Å². The van der Waals surface area contributed by atoms with Crippen LogP contribution in [-0.2, 0) is 0 Å². The van der Waals surface area contributed by atoms with Crippen LogP contribution in [0.1, 0.15) is 16.8 Å². The Bertz CT molecular complexity index is 672. The van der Waals surface area contributed by atoms with E-state index in [1.807, 2.05) is 12.1 Å². The molecule has 0 saturated carbocycles. The summed E-state index contributed by atoms with van der Waals surface area (Å²) in [6.07, 6.45) is 1.03. The standard InChI is InChI=1S/C18H18BrFN2O/c19-15-3-1-14(2-4-15)18(23)21-11-13-9-10-22(12-13)17-7-5-16(20)6-8-17/h1-8,13H,9-12H2,(H,21,23). The molecule has 0 bridgehead atoms. The minimum atomic E-state index is -0.216. The van der Waals surface area contributed by atoms with Gasteiger partial charge in [0.05, 0.1) is 0 Å². The van der Waals surface area contributed by atoms with Crippen molar-refractivity contribution in [2.75, 3.05) is 24.5 Å². The minimum absolute atomic E-state index is 0.0438. The lowest BCUT2D eigenvalue weighted by Gasteiger charge is -2.18. The normalized spacial score (nSPS) is 17.3. The Morgan fingerprint density at radius 1 is 1.17 bits per heavy atom. The fourth-order valence-electron chi connectivity index (χ4n) is 2.83. The Kier molecular flexibility index (Phi) is 4.96. The molecule has 1 unspecified atom stereocenters. The lowest BCUT2D eigenvalue weighted by molar-refractivity contribution is 0.0948. The third-order valence-corrected chi connectivity index (χ3v) is 4.66. The Morgan fingerprint density at radius 2 is 1.87 bits per heavy atom. The summed E-state index contributed by atoms with van der Waals surface area (Å²) in [4.78, 5) is 14.4. The van der Waals surface area contributed by atoms with E-state index in [4.69, 9.17) is 0 Å².